The molecule has 1 amide bonds. The molecule has 0 bridgehead atoms. The van der Waals surface area contributed by atoms with Gasteiger partial charge in [-0.05, 0) is 50.1 Å². The van der Waals surface area contributed by atoms with Crippen LogP contribution in [0.4, 0.5) is 0 Å². The Labute approximate surface area is 181 Å². The number of hydrogen-bond donors (Lipinski definition) is 1. The minimum absolute atomic E-state index is 0.0391. The second-order valence-electron chi connectivity index (χ2n) is 6.72. The summed E-state index contributed by atoms with van der Waals surface area (Å²) in [4.78, 5) is 24.2. The third-order valence-corrected chi connectivity index (χ3v) is 4.46. The van der Waals surface area contributed by atoms with E-state index in [9.17, 15) is 9.59 Å². The summed E-state index contributed by atoms with van der Waals surface area (Å²) in [5, 5.41) is 2.74. The van der Waals surface area contributed by atoms with E-state index >= 15 is 0 Å². The van der Waals surface area contributed by atoms with Crippen molar-refractivity contribution >= 4 is 11.9 Å². The first-order valence-electron chi connectivity index (χ1n) is 10.3. The molecule has 1 N–H and O–H groups in total. The molecule has 166 valence electrons. The van der Waals surface area contributed by atoms with Crippen molar-refractivity contribution in [1.29, 1.82) is 0 Å². The number of para-hydroxylation sites is 2. The van der Waals surface area contributed by atoms with Gasteiger partial charge >= 0.3 is 5.97 Å². The molecule has 0 fully saturated rings. The van der Waals surface area contributed by atoms with E-state index in [1.54, 1.807) is 18.2 Å². The van der Waals surface area contributed by atoms with Crippen molar-refractivity contribution in [2.24, 2.45) is 0 Å². The topological polar surface area (TPSA) is 92.3 Å². The first-order chi connectivity index (χ1) is 15.1. The van der Waals surface area contributed by atoms with Crippen molar-refractivity contribution in [2.75, 3.05) is 33.0 Å². The van der Waals surface area contributed by atoms with Gasteiger partial charge in [-0.3, -0.25) is 4.79 Å². The van der Waals surface area contributed by atoms with Crippen molar-refractivity contribution < 1.29 is 33.3 Å². The molecule has 2 aromatic carbocycles. The minimum Gasteiger partial charge on any atom is -0.490 e. The largest absolute Gasteiger partial charge is 0.490 e. The van der Waals surface area contributed by atoms with Crippen LogP contribution < -0.4 is 24.3 Å². The Morgan fingerprint density at radius 3 is 2.55 bits per heavy atom. The number of esters is 1. The Morgan fingerprint density at radius 2 is 1.77 bits per heavy atom. The summed E-state index contributed by atoms with van der Waals surface area (Å²) in [5.74, 6) is 1.39. The fraction of sp³-hybridized carbons (Fsp3) is 0.391. The molecule has 0 radical (unpaired) electrons. The van der Waals surface area contributed by atoms with Gasteiger partial charge in [0.15, 0.2) is 29.6 Å². The number of fused-ring (bicyclic) bond motifs is 1. The van der Waals surface area contributed by atoms with Crippen LogP contribution in [0.15, 0.2) is 42.5 Å². The van der Waals surface area contributed by atoms with E-state index in [1.165, 1.54) is 0 Å². The fourth-order valence-electron chi connectivity index (χ4n) is 3.01. The third-order valence-electron chi connectivity index (χ3n) is 4.46. The average Bonchev–Trinajstić information content (AvgIpc) is 2.79. The van der Waals surface area contributed by atoms with Crippen LogP contribution in [0.1, 0.15) is 19.4 Å². The second kappa shape index (κ2) is 11.1. The van der Waals surface area contributed by atoms with Gasteiger partial charge in [-0.2, -0.15) is 0 Å². The van der Waals surface area contributed by atoms with E-state index in [0.29, 0.717) is 49.2 Å². The number of hydrogen-bond acceptors (Lipinski definition) is 7. The molecule has 0 aliphatic carbocycles. The van der Waals surface area contributed by atoms with E-state index in [1.807, 2.05) is 38.1 Å². The summed E-state index contributed by atoms with van der Waals surface area (Å²) in [6, 6.07) is 12.8. The molecule has 0 unspecified atom stereocenters. The van der Waals surface area contributed by atoms with Crippen molar-refractivity contribution in [3.8, 4) is 23.0 Å². The van der Waals surface area contributed by atoms with Gasteiger partial charge in [0.25, 0.3) is 5.91 Å². The molecular formula is C23H27NO7. The molecule has 0 spiro atoms. The van der Waals surface area contributed by atoms with Crippen LogP contribution in [-0.2, 0) is 20.7 Å². The van der Waals surface area contributed by atoms with Gasteiger partial charge in [-0.25, -0.2) is 4.79 Å². The monoisotopic (exact) mass is 429 g/mol. The SMILES string of the molecule is CCOc1ccc(CCNC(=O)COC(=O)[C@H]2COc3ccccc3O2)cc1OCC. The van der Waals surface area contributed by atoms with Crippen LogP contribution >= 0.6 is 0 Å². The summed E-state index contributed by atoms with van der Waals surface area (Å²) in [6.45, 7) is 4.97. The van der Waals surface area contributed by atoms with Crippen LogP contribution in [-0.4, -0.2) is 51.0 Å². The lowest BCUT2D eigenvalue weighted by molar-refractivity contribution is -0.157. The number of ether oxygens (including phenoxy) is 5. The van der Waals surface area contributed by atoms with E-state index in [2.05, 4.69) is 5.32 Å². The molecule has 2 aromatic rings. The predicted molar refractivity (Wildman–Crippen MR) is 113 cm³/mol. The van der Waals surface area contributed by atoms with Crippen molar-refractivity contribution in [3.05, 3.63) is 48.0 Å². The first-order valence-corrected chi connectivity index (χ1v) is 10.3. The molecular weight excluding hydrogens is 402 g/mol. The molecule has 31 heavy (non-hydrogen) atoms. The fourth-order valence-corrected chi connectivity index (χ4v) is 3.01. The maximum Gasteiger partial charge on any atom is 0.351 e. The van der Waals surface area contributed by atoms with E-state index in [4.69, 9.17) is 23.7 Å². The van der Waals surface area contributed by atoms with Crippen LogP contribution in [0.5, 0.6) is 23.0 Å². The van der Waals surface area contributed by atoms with Crippen LogP contribution in [0.25, 0.3) is 0 Å². The number of carbonyl (C=O) groups is 2. The summed E-state index contributed by atoms with van der Waals surface area (Å²) >= 11 is 0. The molecule has 1 heterocycles. The number of carbonyl (C=O) groups excluding carboxylic acids is 2. The normalized spacial score (nSPS) is 14.5. The van der Waals surface area contributed by atoms with Gasteiger partial charge in [0.1, 0.15) is 6.61 Å². The van der Waals surface area contributed by atoms with Gasteiger partial charge in [-0.15, -0.1) is 0 Å². The smallest absolute Gasteiger partial charge is 0.351 e. The van der Waals surface area contributed by atoms with Gasteiger partial charge in [0.2, 0.25) is 6.10 Å². The first kappa shape index (κ1) is 22.3. The molecule has 8 nitrogen and oxygen atoms in total. The number of nitrogens with one attached hydrogen (secondary N) is 1. The highest BCUT2D eigenvalue weighted by Crippen LogP contribution is 2.31. The lowest BCUT2D eigenvalue weighted by Gasteiger charge is -2.24. The summed E-state index contributed by atoms with van der Waals surface area (Å²) < 4.78 is 27.3. The van der Waals surface area contributed by atoms with E-state index < -0.39 is 12.1 Å². The van der Waals surface area contributed by atoms with Crippen LogP contribution in [0.2, 0.25) is 0 Å². The van der Waals surface area contributed by atoms with Crippen molar-refractivity contribution in [1.82, 2.24) is 5.32 Å². The van der Waals surface area contributed by atoms with Gasteiger partial charge in [0, 0.05) is 6.54 Å². The Hall–Kier alpha value is -3.42. The molecule has 1 atom stereocenters. The molecule has 0 aromatic heterocycles. The summed E-state index contributed by atoms with van der Waals surface area (Å²) in [6.07, 6.45) is -0.300. The van der Waals surface area contributed by atoms with Gasteiger partial charge in [0.05, 0.1) is 13.2 Å². The molecule has 1 aliphatic rings. The predicted octanol–water partition coefficient (Wildman–Crippen LogP) is 2.53. The summed E-state index contributed by atoms with van der Waals surface area (Å²) in [5.41, 5.74) is 0.996. The zero-order valence-corrected chi connectivity index (χ0v) is 17.7. The number of amides is 1. The highest BCUT2D eigenvalue weighted by atomic mass is 16.6. The number of rotatable bonds is 10. The van der Waals surface area contributed by atoms with Crippen molar-refractivity contribution in [3.63, 3.8) is 0 Å². The lowest BCUT2D eigenvalue weighted by atomic mass is 10.1. The zero-order chi connectivity index (χ0) is 22.1. The van der Waals surface area contributed by atoms with E-state index in [0.717, 1.165) is 5.56 Å². The highest BCUT2D eigenvalue weighted by Gasteiger charge is 2.29. The van der Waals surface area contributed by atoms with Gasteiger partial charge in [-0.1, -0.05) is 18.2 Å². The standard InChI is InChI=1S/C23H27NO7/c1-3-27-18-10-9-16(13-20(18)28-4-2)11-12-24-22(25)15-30-23(26)21-14-29-17-7-5-6-8-19(17)31-21/h5-10,13,21H,3-4,11-12,14-15H2,1-2H3,(H,24,25)/t21-/m1/s1. The Kier molecular flexibility index (Phi) is 7.98. The third kappa shape index (κ3) is 6.28. The van der Waals surface area contributed by atoms with E-state index in [-0.39, 0.29) is 19.1 Å². The molecule has 0 saturated heterocycles. The zero-order valence-electron chi connectivity index (χ0n) is 17.7. The number of benzene rings is 2. The highest BCUT2D eigenvalue weighted by molar-refractivity contribution is 5.82. The summed E-state index contributed by atoms with van der Waals surface area (Å²) in [7, 11) is 0. The Balaban J connectivity index is 1.40. The Bertz CT molecular complexity index is 899. The van der Waals surface area contributed by atoms with Crippen LogP contribution in [0.3, 0.4) is 0 Å². The van der Waals surface area contributed by atoms with Crippen LogP contribution in [0, 0.1) is 0 Å². The molecule has 3 rings (SSSR count). The van der Waals surface area contributed by atoms with Crippen molar-refractivity contribution in [2.45, 2.75) is 26.4 Å². The molecule has 0 saturated carbocycles. The molecule has 1 aliphatic heterocycles. The quantitative estimate of drug-likeness (QED) is 0.580. The maximum absolute atomic E-state index is 12.2. The average molecular weight is 429 g/mol. The maximum atomic E-state index is 12.2. The minimum atomic E-state index is -0.899. The Morgan fingerprint density at radius 1 is 1.03 bits per heavy atom. The lowest BCUT2D eigenvalue weighted by Crippen LogP contribution is -2.39. The molecule has 8 heteroatoms. The van der Waals surface area contributed by atoms with Gasteiger partial charge < -0.3 is 29.0 Å². The second-order valence-corrected chi connectivity index (χ2v) is 6.72.